The molecular formula is C15H20N6. The van der Waals surface area contributed by atoms with Crippen LogP contribution in [0.15, 0.2) is 18.6 Å². The van der Waals surface area contributed by atoms with Crippen LogP contribution in [0.25, 0.3) is 11.5 Å². The Labute approximate surface area is 124 Å². The van der Waals surface area contributed by atoms with E-state index < -0.39 is 0 Å². The molecule has 1 fully saturated rings. The Balaban J connectivity index is 2.06. The molecule has 0 unspecified atom stereocenters. The number of piperazine rings is 1. The predicted molar refractivity (Wildman–Crippen MR) is 82.3 cm³/mol. The van der Waals surface area contributed by atoms with Crippen molar-refractivity contribution in [1.82, 2.24) is 25.3 Å². The normalized spacial score (nSPS) is 15.2. The van der Waals surface area contributed by atoms with E-state index in [9.17, 15) is 0 Å². The summed E-state index contributed by atoms with van der Waals surface area (Å²) in [6, 6.07) is 0. The molecule has 3 heterocycles. The van der Waals surface area contributed by atoms with Crippen molar-refractivity contribution < 1.29 is 0 Å². The second-order valence-corrected chi connectivity index (χ2v) is 5.12. The lowest BCUT2D eigenvalue weighted by Gasteiger charge is -2.30. The largest absolute Gasteiger partial charge is 0.354 e. The van der Waals surface area contributed by atoms with Crippen molar-refractivity contribution in [2.45, 2.75) is 20.3 Å². The van der Waals surface area contributed by atoms with Crippen molar-refractivity contribution >= 4 is 5.82 Å². The van der Waals surface area contributed by atoms with E-state index in [1.54, 1.807) is 18.6 Å². The molecule has 6 nitrogen and oxygen atoms in total. The molecule has 0 atom stereocenters. The second kappa shape index (κ2) is 6.13. The number of nitrogens with one attached hydrogen (secondary N) is 1. The summed E-state index contributed by atoms with van der Waals surface area (Å²) in [4.78, 5) is 20.2. The van der Waals surface area contributed by atoms with Crippen molar-refractivity contribution in [2.75, 3.05) is 31.1 Å². The van der Waals surface area contributed by atoms with Gasteiger partial charge in [-0.3, -0.25) is 4.98 Å². The van der Waals surface area contributed by atoms with Crippen molar-refractivity contribution in [1.29, 1.82) is 0 Å². The Morgan fingerprint density at radius 2 is 2.00 bits per heavy atom. The SMILES string of the molecule is CCc1c(C)nc(-c2cnccn2)nc1N1CCNCC1. The van der Waals surface area contributed by atoms with Crippen LogP contribution in [0.5, 0.6) is 0 Å². The number of hydrogen-bond acceptors (Lipinski definition) is 6. The predicted octanol–water partition coefficient (Wildman–Crippen LogP) is 1.21. The van der Waals surface area contributed by atoms with Crippen LogP contribution in [0.3, 0.4) is 0 Å². The molecule has 0 aromatic carbocycles. The van der Waals surface area contributed by atoms with Gasteiger partial charge >= 0.3 is 0 Å². The second-order valence-electron chi connectivity index (χ2n) is 5.12. The van der Waals surface area contributed by atoms with Gasteiger partial charge in [-0.05, 0) is 13.3 Å². The lowest BCUT2D eigenvalue weighted by molar-refractivity contribution is 0.582. The third-order valence-electron chi connectivity index (χ3n) is 3.75. The van der Waals surface area contributed by atoms with Gasteiger partial charge < -0.3 is 10.2 Å². The van der Waals surface area contributed by atoms with Crippen LogP contribution in [0, 0.1) is 6.92 Å². The van der Waals surface area contributed by atoms with Crippen molar-refractivity contribution in [2.24, 2.45) is 0 Å². The van der Waals surface area contributed by atoms with Gasteiger partial charge in [0.05, 0.1) is 6.20 Å². The Hall–Kier alpha value is -2.08. The van der Waals surface area contributed by atoms with Crippen LogP contribution < -0.4 is 10.2 Å². The van der Waals surface area contributed by atoms with Crippen molar-refractivity contribution in [3.63, 3.8) is 0 Å². The van der Waals surface area contributed by atoms with E-state index in [-0.39, 0.29) is 0 Å². The summed E-state index contributed by atoms with van der Waals surface area (Å²) in [5.74, 6) is 1.71. The van der Waals surface area contributed by atoms with Crippen LogP contribution in [-0.4, -0.2) is 46.1 Å². The number of nitrogens with zero attached hydrogens (tertiary/aromatic N) is 5. The smallest absolute Gasteiger partial charge is 0.182 e. The lowest BCUT2D eigenvalue weighted by Crippen LogP contribution is -2.44. The van der Waals surface area contributed by atoms with Gasteiger partial charge in [0.15, 0.2) is 5.82 Å². The maximum Gasteiger partial charge on any atom is 0.182 e. The monoisotopic (exact) mass is 284 g/mol. The highest BCUT2D eigenvalue weighted by molar-refractivity contribution is 5.57. The molecule has 1 aliphatic heterocycles. The van der Waals surface area contributed by atoms with E-state index in [0.29, 0.717) is 5.82 Å². The number of rotatable bonds is 3. The third-order valence-corrected chi connectivity index (χ3v) is 3.75. The molecule has 0 spiro atoms. The van der Waals surface area contributed by atoms with E-state index >= 15 is 0 Å². The number of anilines is 1. The van der Waals surface area contributed by atoms with E-state index in [2.05, 4.69) is 32.1 Å². The molecule has 0 saturated carbocycles. The first-order valence-corrected chi connectivity index (χ1v) is 7.39. The average Bonchev–Trinajstić information content (AvgIpc) is 2.55. The molecule has 21 heavy (non-hydrogen) atoms. The molecule has 6 heteroatoms. The fraction of sp³-hybridized carbons (Fsp3) is 0.467. The topological polar surface area (TPSA) is 66.8 Å². The summed E-state index contributed by atoms with van der Waals surface area (Å²) in [6.07, 6.45) is 5.98. The maximum atomic E-state index is 4.78. The molecule has 0 bridgehead atoms. The minimum Gasteiger partial charge on any atom is -0.354 e. The molecule has 2 aromatic rings. The summed E-state index contributed by atoms with van der Waals surface area (Å²) in [7, 11) is 0. The van der Waals surface area contributed by atoms with Gasteiger partial charge in [-0.2, -0.15) is 0 Å². The van der Waals surface area contributed by atoms with E-state index in [1.165, 1.54) is 5.56 Å². The highest BCUT2D eigenvalue weighted by Crippen LogP contribution is 2.24. The van der Waals surface area contributed by atoms with Gasteiger partial charge in [-0.1, -0.05) is 6.92 Å². The molecule has 1 N–H and O–H groups in total. The van der Waals surface area contributed by atoms with Gasteiger partial charge in [-0.15, -0.1) is 0 Å². The molecule has 110 valence electrons. The van der Waals surface area contributed by atoms with Gasteiger partial charge in [0.2, 0.25) is 0 Å². The van der Waals surface area contributed by atoms with Gasteiger partial charge in [0.25, 0.3) is 0 Å². The van der Waals surface area contributed by atoms with Gasteiger partial charge in [0.1, 0.15) is 11.5 Å². The quantitative estimate of drug-likeness (QED) is 0.914. The first kappa shape index (κ1) is 13.9. The molecule has 2 aromatic heterocycles. The lowest BCUT2D eigenvalue weighted by atomic mass is 10.1. The molecular weight excluding hydrogens is 264 g/mol. The number of aryl methyl sites for hydroxylation is 1. The zero-order valence-electron chi connectivity index (χ0n) is 12.5. The minimum absolute atomic E-state index is 0.659. The van der Waals surface area contributed by atoms with Crippen LogP contribution in [0.1, 0.15) is 18.2 Å². The molecule has 3 rings (SSSR count). The molecule has 0 radical (unpaired) electrons. The van der Waals surface area contributed by atoms with E-state index in [0.717, 1.165) is 49.8 Å². The summed E-state index contributed by atoms with van der Waals surface area (Å²) in [5, 5.41) is 3.38. The highest BCUT2D eigenvalue weighted by atomic mass is 15.2. The summed E-state index contributed by atoms with van der Waals surface area (Å²) in [5.41, 5.74) is 2.98. The van der Waals surface area contributed by atoms with E-state index in [1.807, 2.05) is 6.92 Å². The molecule has 0 amide bonds. The first-order valence-electron chi connectivity index (χ1n) is 7.39. The van der Waals surface area contributed by atoms with Crippen LogP contribution in [0.4, 0.5) is 5.82 Å². The maximum absolute atomic E-state index is 4.78. The zero-order chi connectivity index (χ0) is 14.7. The fourth-order valence-corrected chi connectivity index (χ4v) is 2.66. The standard InChI is InChI=1S/C15H20N6/c1-3-12-11(2)19-14(13-10-17-4-5-18-13)20-15(12)21-8-6-16-7-9-21/h4-5,10,16H,3,6-9H2,1-2H3. The Morgan fingerprint density at radius 3 is 2.67 bits per heavy atom. The van der Waals surface area contributed by atoms with Crippen molar-refractivity contribution in [3.05, 3.63) is 29.8 Å². The fourth-order valence-electron chi connectivity index (χ4n) is 2.66. The third kappa shape index (κ3) is 2.85. The molecule has 1 aliphatic rings. The Bertz CT molecular complexity index is 607. The summed E-state index contributed by atoms with van der Waals surface area (Å²) >= 11 is 0. The number of aromatic nitrogens is 4. The van der Waals surface area contributed by atoms with Crippen LogP contribution in [0.2, 0.25) is 0 Å². The minimum atomic E-state index is 0.659. The Kier molecular flexibility index (Phi) is 4.06. The number of hydrogen-bond donors (Lipinski definition) is 1. The van der Waals surface area contributed by atoms with Crippen LogP contribution >= 0.6 is 0 Å². The average molecular weight is 284 g/mol. The van der Waals surface area contributed by atoms with Crippen molar-refractivity contribution in [3.8, 4) is 11.5 Å². The zero-order valence-corrected chi connectivity index (χ0v) is 12.5. The summed E-state index contributed by atoms with van der Waals surface area (Å²) in [6.45, 7) is 8.14. The molecule has 1 saturated heterocycles. The van der Waals surface area contributed by atoms with Gasteiger partial charge in [-0.25, -0.2) is 15.0 Å². The Morgan fingerprint density at radius 1 is 1.19 bits per heavy atom. The first-order chi connectivity index (χ1) is 10.3. The highest BCUT2D eigenvalue weighted by Gasteiger charge is 2.19. The molecule has 0 aliphatic carbocycles. The summed E-state index contributed by atoms with van der Waals surface area (Å²) < 4.78 is 0. The van der Waals surface area contributed by atoms with Crippen LogP contribution in [-0.2, 0) is 6.42 Å². The van der Waals surface area contributed by atoms with Gasteiger partial charge in [0, 0.05) is 49.8 Å². The van der Waals surface area contributed by atoms with E-state index in [4.69, 9.17) is 4.98 Å².